The molecule has 0 aliphatic carbocycles. The summed E-state index contributed by atoms with van der Waals surface area (Å²) >= 11 is 12.2. The van der Waals surface area contributed by atoms with E-state index in [-0.39, 0.29) is 6.04 Å². The third kappa shape index (κ3) is 3.66. The molecule has 2 nitrogen and oxygen atoms in total. The molecule has 20 heavy (non-hydrogen) atoms. The zero-order chi connectivity index (χ0) is 14.5. The summed E-state index contributed by atoms with van der Waals surface area (Å²) in [6, 6.07) is 13.7. The van der Waals surface area contributed by atoms with Crippen LogP contribution in [0.4, 0.5) is 5.69 Å². The Hall–Kier alpha value is -1.22. The van der Waals surface area contributed by atoms with Gasteiger partial charge in [-0.15, -0.1) is 0 Å². The van der Waals surface area contributed by atoms with Crippen LogP contribution in [0.1, 0.15) is 24.1 Å². The van der Waals surface area contributed by atoms with Gasteiger partial charge in [-0.2, -0.15) is 0 Å². The van der Waals surface area contributed by atoms with Crippen molar-refractivity contribution in [2.24, 2.45) is 0 Å². The van der Waals surface area contributed by atoms with Crippen LogP contribution in [-0.4, -0.2) is 7.11 Å². The number of nitrogens with one attached hydrogen (secondary N) is 1. The van der Waals surface area contributed by atoms with Gasteiger partial charge in [0.1, 0.15) is 0 Å². The lowest BCUT2D eigenvalue weighted by Crippen LogP contribution is -2.09. The maximum absolute atomic E-state index is 6.24. The van der Waals surface area contributed by atoms with Crippen molar-refractivity contribution in [3.63, 3.8) is 0 Å². The molecule has 2 aromatic rings. The van der Waals surface area contributed by atoms with Crippen LogP contribution < -0.4 is 5.32 Å². The van der Waals surface area contributed by atoms with Gasteiger partial charge in [0.2, 0.25) is 0 Å². The smallest absolute Gasteiger partial charge is 0.0733 e. The minimum Gasteiger partial charge on any atom is -0.380 e. The first-order chi connectivity index (χ1) is 9.61. The summed E-state index contributed by atoms with van der Waals surface area (Å²) in [7, 11) is 1.69. The predicted molar refractivity (Wildman–Crippen MR) is 85.7 cm³/mol. The fourth-order valence-electron chi connectivity index (χ4n) is 2.11. The van der Waals surface area contributed by atoms with Crippen molar-refractivity contribution in [2.75, 3.05) is 12.4 Å². The first kappa shape index (κ1) is 15.2. The Morgan fingerprint density at radius 2 is 1.90 bits per heavy atom. The Labute approximate surface area is 129 Å². The molecule has 1 atom stereocenters. The van der Waals surface area contributed by atoms with Gasteiger partial charge in [0.05, 0.1) is 12.6 Å². The number of methoxy groups -OCH3 is 1. The molecule has 0 spiro atoms. The lowest BCUT2D eigenvalue weighted by Gasteiger charge is -2.19. The quantitative estimate of drug-likeness (QED) is 0.807. The topological polar surface area (TPSA) is 21.3 Å². The predicted octanol–water partition coefficient (Wildman–Crippen LogP) is 5.31. The lowest BCUT2D eigenvalue weighted by molar-refractivity contribution is 0.185. The SMILES string of the molecule is COCc1ccccc1NC(C)c1ccc(Cl)cc1Cl. The Morgan fingerprint density at radius 1 is 1.15 bits per heavy atom. The second-order valence-electron chi connectivity index (χ2n) is 4.62. The van der Waals surface area contributed by atoms with Crippen LogP contribution in [0.25, 0.3) is 0 Å². The normalized spacial score (nSPS) is 12.2. The van der Waals surface area contributed by atoms with E-state index in [0.717, 1.165) is 16.8 Å². The zero-order valence-electron chi connectivity index (χ0n) is 11.5. The van der Waals surface area contributed by atoms with Gasteiger partial charge in [-0.25, -0.2) is 0 Å². The number of para-hydroxylation sites is 1. The Balaban J connectivity index is 2.21. The van der Waals surface area contributed by atoms with E-state index in [0.29, 0.717) is 16.7 Å². The highest BCUT2D eigenvalue weighted by Gasteiger charge is 2.11. The number of ether oxygens (including phenoxy) is 1. The summed E-state index contributed by atoms with van der Waals surface area (Å²) in [5, 5.41) is 4.78. The minimum atomic E-state index is 0.0813. The van der Waals surface area contributed by atoms with Gasteiger partial charge in [-0.1, -0.05) is 47.5 Å². The van der Waals surface area contributed by atoms with Gasteiger partial charge in [0.25, 0.3) is 0 Å². The van der Waals surface area contributed by atoms with Gasteiger partial charge in [0, 0.05) is 28.4 Å². The average molecular weight is 310 g/mol. The highest BCUT2D eigenvalue weighted by Crippen LogP contribution is 2.29. The van der Waals surface area contributed by atoms with Crippen molar-refractivity contribution in [2.45, 2.75) is 19.6 Å². The van der Waals surface area contributed by atoms with Crippen LogP contribution in [0.3, 0.4) is 0 Å². The van der Waals surface area contributed by atoms with E-state index in [1.807, 2.05) is 36.4 Å². The summed E-state index contributed by atoms with van der Waals surface area (Å²) < 4.78 is 5.21. The molecule has 1 N–H and O–H groups in total. The number of rotatable bonds is 5. The fraction of sp³-hybridized carbons (Fsp3) is 0.250. The molecule has 2 rings (SSSR count). The first-order valence-corrected chi connectivity index (χ1v) is 7.15. The van der Waals surface area contributed by atoms with Gasteiger partial charge < -0.3 is 10.1 Å². The van der Waals surface area contributed by atoms with Crippen LogP contribution in [0, 0.1) is 0 Å². The Morgan fingerprint density at radius 3 is 2.60 bits per heavy atom. The number of anilines is 1. The number of halogens is 2. The third-order valence-corrected chi connectivity index (χ3v) is 3.68. The van der Waals surface area contributed by atoms with E-state index in [1.165, 1.54) is 0 Å². The second-order valence-corrected chi connectivity index (χ2v) is 5.47. The van der Waals surface area contributed by atoms with Gasteiger partial charge >= 0.3 is 0 Å². The maximum atomic E-state index is 6.24. The zero-order valence-corrected chi connectivity index (χ0v) is 13.0. The van der Waals surface area contributed by atoms with Crippen molar-refractivity contribution in [3.8, 4) is 0 Å². The van der Waals surface area contributed by atoms with Crippen LogP contribution in [-0.2, 0) is 11.3 Å². The molecule has 0 aliphatic heterocycles. The van der Waals surface area contributed by atoms with E-state index < -0.39 is 0 Å². The highest BCUT2D eigenvalue weighted by atomic mass is 35.5. The number of benzene rings is 2. The number of hydrogen-bond acceptors (Lipinski definition) is 2. The molecule has 0 saturated heterocycles. The molecule has 2 aromatic carbocycles. The van der Waals surface area contributed by atoms with Crippen LogP contribution in [0.2, 0.25) is 10.0 Å². The summed E-state index contributed by atoms with van der Waals surface area (Å²) in [6.07, 6.45) is 0. The van der Waals surface area contributed by atoms with Crippen LogP contribution in [0.15, 0.2) is 42.5 Å². The van der Waals surface area contributed by atoms with E-state index in [9.17, 15) is 0 Å². The standard InChI is InChI=1S/C16H17Cl2NO/c1-11(14-8-7-13(17)9-15(14)18)19-16-6-4-3-5-12(16)10-20-2/h3-9,11,19H,10H2,1-2H3. The van der Waals surface area contributed by atoms with E-state index >= 15 is 0 Å². The Bertz CT molecular complexity index is 586. The van der Waals surface area contributed by atoms with Crippen LogP contribution >= 0.6 is 23.2 Å². The average Bonchev–Trinajstić information content (AvgIpc) is 2.41. The third-order valence-electron chi connectivity index (χ3n) is 3.12. The van der Waals surface area contributed by atoms with Crippen molar-refractivity contribution in [1.29, 1.82) is 0 Å². The first-order valence-electron chi connectivity index (χ1n) is 6.40. The second kappa shape index (κ2) is 6.98. The van der Waals surface area contributed by atoms with E-state index in [4.69, 9.17) is 27.9 Å². The molecule has 0 aliphatic rings. The van der Waals surface area contributed by atoms with Gasteiger partial charge in [-0.3, -0.25) is 0 Å². The molecule has 0 amide bonds. The van der Waals surface area contributed by atoms with Gasteiger partial charge in [0.15, 0.2) is 0 Å². The molecule has 4 heteroatoms. The van der Waals surface area contributed by atoms with E-state index in [1.54, 1.807) is 13.2 Å². The highest BCUT2D eigenvalue weighted by molar-refractivity contribution is 6.35. The molecular formula is C16H17Cl2NO. The molecule has 0 bridgehead atoms. The van der Waals surface area contributed by atoms with Crippen molar-refractivity contribution in [1.82, 2.24) is 0 Å². The molecule has 0 aromatic heterocycles. The summed E-state index contributed by atoms with van der Waals surface area (Å²) in [5.74, 6) is 0. The molecule has 0 heterocycles. The lowest BCUT2D eigenvalue weighted by atomic mass is 10.1. The molecule has 0 saturated carbocycles. The monoisotopic (exact) mass is 309 g/mol. The molecule has 106 valence electrons. The van der Waals surface area contributed by atoms with Crippen molar-refractivity contribution >= 4 is 28.9 Å². The van der Waals surface area contributed by atoms with Gasteiger partial charge in [-0.05, 0) is 30.7 Å². The van der Waals surface area contributed by atoms with Crippen LogP contribution in [0.5, 0.6) is 0 Å². The summed E-state index contributed by atoms with van der Waals surface area (Å²) in [5.41, 5.74) is 3.18. The minimum absolute atomic E-state index is 0.0813. The molecule has 1 unspecified atom stereocenters. The molecule has 0 radical (unpaired) electrons. The maximum Gasteiger partial charge on any atom is 0.0733 e. The summed E-state index contributed by atoms with van der Waals surface area (Å²) in [6.45, 7) is 2.64. The summed E-state index contributed by atoms with van der Waals surface area (Å²) in [4.78, 5) is 0. The van der Waals surface area contributed by atoms with Crippen molar-refractivity contribution in [3.05, 3.63) is 63.6 Å². The largest absolute Gasteiger partial charge is 0.380 e. The number of hydrogen-bond donors (Lipinski definition) is 1. The van der Waals surface area contributed by atoms with E-state index in [2.05, 4.69) is 12.2 Å². The molecule has 0 fully saturated rings. The van der Waals surface area contributed by atoms with Crippen molar-refractivity contribution < 1.29 is 4.74 Å². The fourth-order valence-corrected chi connectivity index (χ4v) is 2.68. The Kier molecular flexibility index (Phi) is 5.30. The molecular weight excluding hydrogens is 293 g/mol.